The summed E-state index contributed by atoms with van der Waals surface area (Å²) in [6.07, 6.45) is -17.9. The van der Waals surface area contributed by atoms with Crippen LogP contribution in [0.1, 0.15) is 80.1 Å². The van der Waals surface area contributed by atoms with E-state index in [2.05, 4.69) is 11.9 Å². The van der Waals surface area contributed by atoms with Gasteiger partial charge in [-0.3, -0.25) is 4.79 Å². The minimum atomic E-state index is -1.65. The van der Waals surface area contributed by atoms with Crippen LogP contribution in [0.3, 0.4) is 0 Å². The Morgan fingerprint density at radius 3 is 1.73 bits per heavy atom. The summed E-state index contributed by atoms with van der Waals surface area (Å²) in [6.45, 7) is 13.4. The second kappa shape index (κ2) is 19.3. The summed E-state index contributed by atoms with van der Waals surface area (Å²) in [4.78, 5) is 11.8. The first-order chi connectivity index (χ1) is 24.0. The third kappa shape index (κ3) is 10.9. The van der Waals surface area contributed by atoms with Crippen LogP contribution in [0.4, 0.5) is 0 Å². The van der Waals surface area contributed by atoms with E-state index < -0.39 is 123 Å². The zero-order valence-corrected chi connectivity index (χ0v) is 30.4. The fraction of sp³-hybridized carbons (Fsp3) is 0.912. The highest BCUT2D eigenvalue weighted by atomic mass is 16.7. The molecule has 0 bridgehead atoms. The Bertz CT molecular complexity index is 1080. The summed E-state index contributed by atoms with van der Waals surface area (Å²) in [5, 5.41) is 88.5. The summed E-state index contributed by atoms with van der Waals surface area (Å²) >= 11 is 0. The maximum atomic E-state index is 11.8. The van der Waals surface area contributed by atoms with Crippen molar-refractivity contribution in [2.75, 3.05) is 13.3 Å². The molecule has 3 fully saturated rings. The van der Waals surface area contributed by atoms with E-state index in [0.717, 1.165) is 6.08 Å². The molecule has 1 amide bonds. The molecule has 0 aliphatic carbocycles. The number of rotatable bonds is 18. The Balaban J connectivity index is 1.83. The summed E-state index contributed by atoms with van der Waals surface area (Å²) < 4.78 is 41.8. The molecule has 3 saturated heterocycles. The first-order valence-electron chi connectivity index (χ1n) is 17.9. The second-order valence-corrected chi connectivity index (χ2v) is 14.1. The van der Waals surface area contributed by atoms with Gasteiger partial charge >= 0.3 is 0 Å². The zero-order chi connectivity index (χ0) is 38.3. The summed E-state index contributed by atoms with van der Waals surface area (Å²) in [7, 11) is 0. The lowest BCUT2D eigenvalue weighted by atomic mass is 9.86. The van der Waals surface area contributed by atoms with Crippen molar-refractivity contribution in [3.05, 3.63) is 12.7 Å². The van der Waals surface area contributed by atoms with Crippen molar-refractivity contribution in [1.29, 1.82) is 0 Å². The Hall–Kier alpha value is -1.39. The van der Waals surface area contributed by atoms with Crippen molar-refractivity contribution in [1.82, 2.24) is 5.32 Å². The quantitative estimate of drug-likeness (QED) is 0.0584. The molecule has 3 aliphatic heterocycles. The van der Waals surface area contributed by atoms with Gasteiger partial charge in [-0.15, -0.1) is 0 Å². The molecule has 0 aromatic heterocycles. The number of aliphatic hydroxyl groups is 8. The van der Waals surface area contributed by atoms with E-state index in [-0.39, 0.29) is 6.42 Å². The van der Waals surface area contributed by atoms with E-state index in [9.17, 15) is 45.6 Å². The van der Waals surface area contributed by atoms with Gasteiger partial charge in [0.05, 0.1) is 30.0 Å². The van der Waals surface area contributed by atoms with Crippen molar-refractivity contribution in [3.63, 3.8) is 0 Å². The molecule has 3 rings (SSSR count). The van der Waals surface area contributed by atoms with E-state index in [0.29, 0.717) is 32.1 Å². The molecular weight excluding hydrogens is 678 g/mol. The van der Waals surface area contributed by atoms with Crippen molar-refractivity contribution in [2.45, 2.75) is 183 Å². The molecule has 9 N–H and O–H groups in total. The van der Waals surface area contributed by atoms with Crippen LogP contribution in [0.2, 0.25) is 0 Å². The SMILES string of the molecule is C=CC(=O)NCOC1C(OCC2OC(OC(C)(CC)CC)C(O)C(O)C2O)OC(CC(C)(CCC)OC2OC(CC)C(O)C(O)C2O)C(O)C1O. The predicted octanol–water partition coefficient (Wildman–Crippen LogP) is -1.32. The van der Waals surface area contributed by atoms with E-state index in [1.54, 1.807) is 13.8 Å². The predicted molar refractivity (Wildman–Crippen MR) is 177 cm³/mol. The molecule has 3 aliphatic rings. The lowest BCUT2D eigenvalue weighted by molar-refractivity contribution is -0.351. The topological polar surface area (TPSA) is 256 Å². The van der Waals surface area contributed by atoms with Crippen molar-refractivity contribution >= 4 is 5.91 Å². The minimum absolute atomic E-state index is 0.0864. The molecule has 16 unspecified atom stereocenters. The summed E-state index contributed by atoms with van der Waals surface area (Å²) in [6, 6.07) is 0. The van der Waals surface area contributed by atoms with Crippen molar-refractivity contribution in [3.8, 4) is 0 Å². The molecule has 0 aromatic carbocycles. The van der Waals surface area contributed by atoms with Gasteiger partial charge in [0.1, 0.15) is 67.8 Å². The van der Waals surface area contributed by atoms with Gasteiger partial charge in [0.25, 0.3) is 0 Å². The van der Waals surface area contributed by atoms with Gasteiger partial charge in [-0.2, -0.15) is 0 Å². The van der Waals surface area contributed by atoms with E-state index in [1.807, 2.05) is 27.7 Å². The van der Waals surface area contributed by atoms with Crippen molar-refractivity contribution in [2.24, 2.45) is 0 Å². The Kier molecular flexibility index (Phi) is 16.6. The van der Waals surface area contributed by atoms with Gasteiger partial charge in [0.15, 0.2) is 18.9 Å². The molecule has 0 radical (unpaired) electrons. The van der Waals surface area contributed by atoms with E-state index in [1.165, 1.54) is 0 Å². The number of hydrogen-bond acceptors (Lipinski definition) is 16. The Labute approximate surface area is 299 Å². The number of carbonyl (C=O) groups excluding carboxylic acids is 1. The highest BCUT2D eigenvalue weighted by Gasteiger charge is 2.52. The van der Waals surface area contributed by atoms with Crippen LogP contribution in [0.5, 0.6) is 0 Å². The third-order valence-corrected chi connectivity index (χ3v) is 10.2. The molecule has 51 heavy (non-hydrogen) atoms. The van der Waals surface area contributed by atoms with E-state index >= 15 is 0 Å². The summed E-state index contributed by atoms with van der Waals surface area (Å²) in [5.74, 6) is -0.567. The van der Waals surface area contributed by atoms with Gasteiger partial charge in [-0.1, -0.05) is 40.7 Å². The third-order valence-electron chi connectivity index (χ3n) is 10.2. The lowest BCUT2D eigenvalue weighted by Gasteiger charge is -2.47. The first-order valence-corrected chi connectivity index (χ1v) is 17.9. The fourth-order valence-corrected chi connectivity index (χ4v) is 6.50. The lowest BCUT2D eigenvalue weighted by Crippen LogP contribution is -2.63. The normalized spacial score (nSPS) is 40.4. The van der Waals surface area contributed by atoms with Gasteiger partial charge in [-0.25, -0.2) is 0 Å². The number of aliphatic hydroxyl groups excluding tert-OH is 8. The number of hydrogen-bond donors (Lipinski definition) is 9. The number of ether oxygens (including phenoxy) is 7. The second-order valence-electron chi connectivity index (χ2n) is 14.1. The molecular formula is C34H61NO16. The van der Waals surface area contributed by atoms with Crippen molar-refractivity contribution < 1.29 is 78.8 Å². The van der Waals surface area contributed by atoms with Gasteiger partial charge in [-0.05, 0) is 45.6 Å². The molecule has 0 aromatic rings. The highest BCUT2D eigenvalue weighted by molar-refractivity contribution is 5.86. The Morgan fingerprint density at radius 2 is 1.20 bits per heavy atom. The van der Waals surface area contributed by atoms with Gasteiger partial charge < -0.3 is 79.3 Å². The molecule has 17 heteroatoms. The van der Waals surface area contributed by atoms with E-state index in [4.69, 9.17) is 33.2 Å². The van der Waals surface area contributed by atoms with Gasteiger partial charge in [0.2, 0.25) is 5.91 Å². The highest BCUT2D eigenvalue weighted by Crippen LogP contribution is 2.37. The molecule has 17 nitrogen and oxygen atoms in total. The van der Waals surface area contributed by atoms with Crippen LogP contribution < -0.4 is 5.32 Å². The Morgan fingerprint density at radius 1 is 0.686 bits per heavy atom. The molecule has 16 atom stereocenters. The van der Waals surface area contributed by atoms with Crippen LogP contribution in [0.15, 0.2) is 12.7 Å². The fourth-order valence-electron chi connectivity index (χ4n) is 6.50. The molecule has 298 valence electrons. The number of nitrogens with one attached hydrogen (secondary N) is 1. The summed E-state index contributed by atoms with van der Waals surface area (Å²) in [5.41, 5.74) is -1.88. The maximum absolute atomic E-state index is 11.8. The molecule has 0 saturated carbocycles. The van der Waals surface area contributed by atoms with Crippen LogP contribution in [0.25, 0.3) is 0 Å². The van der Waals surface area contributed by atoms with Crippen LogP contribution >= 0.6 is 0 Å². The molecule has 3 heterocycles. The maximum Gasteiger partial charge on any atom is 0.245 e. The zero-order valence-electron chi connectivity index (χ0n) is 30.4. The van der Waals surface area contributed by atoms with Crippen LogP contribution in [0, 0.1) is 0 Å². The molecule has 0 spiro atoms. The van der Waals surface area contributed by atoms with Crippen LogP contribution in [-0.2, 0) is 38.0 Å². The first kappa shape index (κ1) is 44.0. The minimum Gasteiger partial charge on any atom is -0.388 e. The average Bonchev–Trinajstić information content (AvgIpc) is 3.11. The van der Waals surface area contributed by atoms with Crippen LogP contribution in [-0.4, -0.2) is 163 Å². The number of amides is 1. The average molecular weight is 740 g/mol. The smallest absolute Gasteiger partial charge is 0.245 e. The monoisotopic (exact) mass is 739 g/mol. The van der Waals surface area contributed by atoms with Gasteiger partial charge in [0, 0.05) is 6.42 Å². The standard InChI is InChI=1S/C34H61NO16/c1-8-13-34(7,51-30-27(43)24(40)21(37)17(9-2)47-30)14-18-22(38)26(42)29(46-16-35-20(36)10-3)32(48-18)45-15-19-23(39)25(41)28(44)31(49-19)50-33(6,11-4)12-5/h10,17-19,21-32,37-44H,3,8-9,11-16H2,1-2,4-7H3,(H,35,36). The largest absolute Gasteiger partial charge is 0.388 e. The number of carbonyl (C=O) groups is 1.